The summed E-state index contributed by atoms with van der Waals surface area (Å²) in [7, 11) is -7.92. The molecular formula is C24H20FN5O5S2. The third-order valence-corrected chi connectivity index (χ3v) is 8.34. The highest BCUT2D eigenvalue weighted by atomic mass is 32.2. The van der Waals surface area contributed by atoms with Crippen molar-refractivity contribution in [3.63, 3.8) is 0 Å². The van der Waals surface area contributed by atoms with E-state index in [4.69, 9.17) is 10.9 Å². The number of primary amides is 1. The first kappa shape index (κ1) is 24.6. The van der Waals surface area contributed by atoms with Crippen LogP contribution in [0.4, 0.5) is 10.1 Å². The van der Waals surface area contributed by atoms with Gasteiger partial charge in [0.1, 0.15) is 5.82 Å². The van der Waals surface area contributed by atoms with E-state index >= 15 is 0 Å². The van der Waals surface area contributed by atoms with E-state index in [1.165, 1.54) is 28.9 Å². The number of hydrogen-bond donors (Lipinski definition) is 3. The van der Waals surface area contributed by atoms with Crippen molar-refractivity contribution in [3.05, 3.63) is 89.4 Å². The molecule has 5 rings (SSSR count). The molecule has 0 aliphatic heterocycles. The van der Waals surface area contributed by atoms with Crippen molar-refractivity contribution >= 4 is 31.6 Å². The first-order valence-electron chi connectivity index (χ1n) is 10.9. The van der Waals surface area contributed by atoms with Crippen LogP contribution >= 0.6 is 0 Å². The van der Waals surface area contributed by atoms with Gasteiger partial charge in [0.2, 0.25) is 10.0 Å². The zero-order valence-electron chi connectivity index (χ0n) is 19.0. The van der Waals surface area contributed by atoms with Crippen LogP contribution in [0.15, 0.2) is 76.5 Å². The molecule has 0 radical (unpaired) electrons. The van der Waals surface area contributed by atoms with E-state index in [0.29, 0.717) is 35.3 Å². The van der Waals surface area contributed by atoms with Crippen molar-refractivity contribution < 1.29 is 26.0 Å². The Morgan fingerprint density at radius 1 is 0.919 bits per heavy atom. The summed E-state index contributed by atoms with van der Waals surface area (Å²) in [5.74, 6) is -1.29. The van der Waals surface area contributed by atoms with Gasteiger partial charge in [-0.05, 0) is 79.1 Å². The molecule has 1 aliphatic carbocycles. The molecule has 10 nitrogen and oxygen atoms in total. The van der Waals surface area contributed by atoms with Crippen LogP contribution < -0.4 is 15.6 Å². The van der Waals surface area contributed by atoms with Gasteiger partial charge < -0.3 is 5.73 Å². The average molecular weight is 542 g/mol. The Hall–Kier alpha value is -4.07. The Balaban J connectivity index is 1.62. The lowest BCUT2D eigenvalue weighted by Gasteiger charge is -2.20. The molecule has 3 aromatic carbocycles. The molecule has 0 unspecified atom stereocenters. The maximum Gasteiger partial charge on any atom is 0.269 e. The van der Waals surface area contributed by atoms with Crippen LogP contribution in [0, 0.1) is 5.82 Å². The fourth-order valence-corrected chi connectivity index (χ4v) is 5.86. The first-order valence-corrected chi connectivity index (χ1v) is 13.9. The molecular weight excluding hydrogens is 521 g/mol. The second-order valence-corrected chi connectivity index (χ2v) is 11.7. The van der Waals surface area contributed by atoms with E-state index in [1.54, 1.807) is 18.2 Å². The third-order valence-electron chi connectivity index (χ3n) is 6.01. The molecule has 1 aliphatic rings. The number of benzene rings is 3. The summed E-state index contributed by atoms with van der Waals surface area (Å²) in [5.41, 5.74) is 8.97. The minimum atomic E-state index is -4.01. The SMILES string of the molecule is NC(=O)c1nn(-c2ccc(S(N)(=O)=O)cc2)c2c1CCc1ccc(NS(=O)(=O)c3ccc(F)cc3)cc1-2. The maximum absolute atomic E-state index is 13.3. The molecule has 0 bridgehead atoms. The molecule has 1 heterocycles. The minimum Gasteiger partial charge on any atom is -0.364 e. The van der Waals surface area contributed by atoms with E-state index in [-0.39, 0.29) is 21.2 Å². The molecule has 0 atom stereocenters. The number of hydrogen-bond acceptors (Lipinski definition) is 6. The predicted molar refractivity (Wildman–Crippen MR) is 134 cm³/mol. The Labute approximate surface area is 211 Å². The summed E-state index contributed by atoms with van der Waals surface area (Å²) in [6, 6.07) is 15.1. The monoisotopic (exact) mass is 541 g/mol. The minimum absolute atomic E-state index is 0.0634. The van der Waals surface area contributed by atoms with E-state index in [2.05, 4.69) is 9.82 Å². The van der Waals surface area contributed by atoms with Gasteiger partial charge in [0, 0.05) is 16.8 Å². The Bertz CT molecular complexity index is 1770. The van der Waals surface area contributed by atoms with Gasteiger partial charge in [-0.15, -0.1) is 0 Å². The molecule has 37 heavy (non-hydrogen) atoms. The smallest absolute Gasteiger partial charge is 0.269 e. The molecule has 0 saturated heterocycles. The number of carbonyl (C=O) groups excluding carboxylic acids is 1. The summed E-state index contributed by atoms with van der Waals surface area (Å²) in [5, 5.41) is 9.59. The zero-order chi connectivity index (χ0) is 26.5. The quantitative estimate of drug-likeness (QED) is 0.339. The molecule has 0 spiro atoms. The summed E-state index contributed by atoms with van der Waals surface area (Å²) in [6.45, 7) is 0. The average Bonchev–Trinajstić information content (AvgIpc) is 3.24. The number of sulfonamides is 2. The molecule has 1 amide bonds. The van der Waals surface area contributed by atoms with Gasteiger partial charge in [-0.2, -0.15) is 5.10 Å². The standard InChI is InChI=1S/C24H20FN5O5S2/c25-15-3-8-19(9-4-15)37(34,35)29-16-5-1-14-2-12-20-22(24(26)31)28-30(23(20)21(14)13-16)17-6-10-18(11-7-17)36(27,32)33/h1,3-11,13,29H,2,12H2,(H2,26,31)(H2,27,32,33). The van der Waals surface area contributed by atoms with Crippen molar-refractivity contribution in [2.45, 2.75) is 22.6 Å². The van der Waals surface area contributed by atoms with Crippen molar-refractivity contribution in [2.75, 3.05) is 4.72 Å². The van der Waals surface area contributed by atoms with Crippen LogP contribution in [0.5, 0.6) is 0 Å². The number of aromatic nitrogens is 2. The van der Waals surface area contributed by atoms with E-state index in [9.17, 15) is 26.0 Å². The molecule has 0 fully saturated rings. The van der Waals surface area contributed by atoms with Gasteiger partial charge in [-0.25, -0.2) is 31.0 Å². The van der Waals surface area contributed by atoms with Gasteiger partial charge in [0.15, 0.2) is 5.69 Å². The number of fused-ring (bicyclic) bond motifs is 3. The highest BCUT2D eigenvalue weighted by molar-refractivity contribution is 7.92. The number of amides is 1. The number of halogens is 1. The van der Waals surface area contributed by atoms with E-state index in [0.717, 1.165) is 29.8 Å². The summed E-state index contributed by atoms with van der Waals surface area (Å²) < 4.78 is 66.2. The number of carbonyl (C=O) groups is 1. The fourth-order valence-electron chi connectivity index (χ4n) is 4.29. The van der Waals surface area contributed by atoms with Gasteiger partial charge in [-0.3, -0.25) is 9.52 Å². The molecule has 13 heteroatoms. The normalized spacial score (nSPS) is 13.0. The van der Waals surface area contributed by atoms with Gasteiger partial charge in [0.05, 0.1) is 21.2 Å². The van der Waals surface area contributed by atoms with Crippen molar-refractivity contribution in [1.29, 1.82) is 0 Å². The number of rotatable bonds is 6. The third kappa shape index (κ3) is 4.59. The number of primary sulfonamides is 1. The Kier molecular flexibility index (Phi) is 5.85. The number of nitrogens with one attached hydrogen (secondary N) is 1. The predicted octanol–water partition coefficient (Wildman–Crippen LogP) is 2.32. The van der Waals surface area contributed by atoms with Crippen LogP contribution in [0.3, 0.4) is 0 Å². The van der Waals surface area contributed by atoms with Crippen LogP contribution in [-0.4, -0.2) is 32.5 Å². The van der Waals surface area contributed by atoms with Crippen LogP contribution in [0.1, 0.15) is 21.6 Å². The number of anilines is 1. The van der Waals surface area contributed by atoms with Gasteiger partial charge >= 0.3 is 0 Å². The number of aryl methyl sites for hydroxylation is 1. The van der Waals surface area contributed by atoms with Crippen LogP contribution in [0.25, 0.3) is 16.9 Å². The summed E-state index contributed by atoms with van der Waals surface area (Å²) >= 11 is 0. The van der Waals surface area contributed by atoms with Gasteiger partial charge in [0.25, 0.3) is 15.9 Å². The maximum atomic E-state index is 13.3. The van der Waals surface area contributed by atoms with E-state index in [1.807, 2.05) is 0 Å². The zero-order valence-corrected chi connectivity index (χ0v) is 20.7. The second-order valence-electron chi connectivity index (χ2n) is 8.42. The van der Waals surface area contributed by atoms with Crippen LogP contribution in [0.2, 0.25) is 0 Å². The molecule has 190 valence electrons. The second kappa shape index (κ2) is 8.80. The van der Waals surface area contributed by atoms with Crippen LogP contribution in [-0.2, 0) is 32.9 Å². The number of nitrogens with zero attached hydrogens (tertiary/aromatic N) is 2. The molecule has 5 N–H and O–H groups in total. The van der Waals surface area contributed by atoms with Crippen molar-refractivity contribution in [1.82, 2.24) is 9.78 Å². The summed E-state index contributed by atoms with van der Waals surface area (Å²) in [6.07, 6.45) is 1.03. The topological polar surface area (TPSA) is 167 Å². The van der Waals surface area contributed by atoms with Gasteiger partial charge in [-0.1, -0.05) is 6.07 Å². The number of nitrogens with two attached hydrogens (primary N) is 2. The van der Waals surface area contributed by atoms with Crippen molar-refractivity contribution in [2.24, 2.45) is 10.9 Å². The molecule has 4 aromatic rings. The Morgan fingerprint density at radius 2 is 1.57 bits per heavy atom. The lowest BCUT2D eigenvalue weighted by Crippen LogP contribution is -2.16. The lowest BCUT2D eigenvalue weighted by molar-refractivity contribution is 0.0994. The lowest BCUT2D eigenvalue weighted by atomic mass is 9.88. The van der Waals surface area contributed by atoms with Crippen molar-refractivity contribution in [3.8, 4) is 16.9 Å². The highest BCUT2D eigenvalue weighted by Gasteiger charge is 2.29. The molecule has 0 saturated carbocycles. The van der Waals surface area contributed by atoms with E-state index < -0.39 is 31.8 Å². The molecule has 1 aromatic heterocycles. The highest BCUT2D eigenvalue weighted by Crippen LogP contribution is 2.38. The summed E-state index contributed by atoms with van der Waals surface area (Å²) in [4.78, 5) is 12.0. The Morgan fingerprint density at radius 3 is 2.19 bits per heavy atom. The largest absolute Gasteiger partial charge is 0.364 e. The first-order chi connectivity index (χ1) is 17.4. The fraction of sp³-hybridized carbons (Fsp3) is 0.0833.